The molecule has 0 aliphatic carbocycles. The van der Waals surface area contributed by atoms with Gasteiger partial charge in [-0.2, -0.15) is 0 Å². The van der Waals surface area contributed by atoms with E-state index in [1.54, 1.807) is 7.11 Å². The van der Waals surface area contributed by atoms with Crippen molar-refractivity contribution < 1.29 is 9.15 Å². The van der Waals surface area contributed by atoms with Crippen molar-refractivity contribution in [2.75, 3.05) is 20.3 Å². The molecule has 0 fully saturated rings. The number of methoxy groups -OCH3 is 1. The minimum atomic E-state index is 0.662. The Hall–Kier alpha value is -1.17. The molecule has 0 bridgehead atoms. The van der Waals surface area contributed by atoms with Crippen molar-refractivity contribution in [1.29, 1.82) is 0 Å². The molecule has 2 rings (SSSR count). The topological polar surface area (TPSA) is 47.3 Å². The van der Waals surface area contributed by atoms with Gasteiger partial charge in [-0.05, 0) is 24.6 Å². The van der Waals surface area contributed by atoms with Crippen LogP contribution in [-0.2, 0) is 11.3 Å². The molecule has 0 aliphatic rings. The van der Waals surface area contributed by atoms with Gasteiger partial charge in [-0.15, -0.1) is 0 Å². The molecule has 0 aliphatic heterocycles. The molecule has 102 valence electrons. The number of aromatic nitrogens is 1. The summed E-state index contributed by atoms with van der Waals surface area (Å²) in [6.45, 7) is 4.19. The number of rotatable bonds is 6. The van der Waals surface area contributed by atoms with Crippen LogP contribution in [0.5, 0.6) is 0 Å². The number of hydrogen-bond donors (Lipinski definition) is 1. The van der Waals surface area contributed by atoms with E-state index in [9.17, 15) is 0 Å². The summed E-state index contributed by atoms with van der Waals surface area (Å²) in [4.78, 5) is 4.26. The highest BCUT2D eigenvalue weighted by Crippen LogP contribution is 2.31. The molecule has 19 heavy (non-hydrogen) atoms. The number of halogens is 1. The first-order valence-corrected chi connectivity index (χ1v) is 6.90. The maximum atomic E-state index is 5.52. The van der Waals surface area contributed by atoms with Crippen LogP contribution in [0.1, 0.15) is 11.3 Å². The first kappa shape index (κ1) is 14.2. The molecule has 0 spiro atoms. The van der Waals surface area contributed by atoms with E-state index < -0.39 is 0 Å². The molecule has 1 aromatic carbocycles. The summed E-state index contributed by atoms with van der Waals surface area (Å²) in [5.74, 6) is 0.803. The lowest BCUT2D eigenvalue weighted by Gasteiger charge is -2.06. The lowest BCUT2D eigenvalue weighted by Crippen LogP contribution is -2.19. The molecule has 0 unspecified atom stereocenters. The van der Waals surface area contributed by atoms with Gasteiger partial charge < -0.3 is 14.5 Å². The number of nitrogens with one attached hydrogen (secondary N) is 1. The highest BCUT2D eigenvalue weighted by Gasteiger charge is 2.13. The molecule has 0 amide bonds. The highest BCUT2D eigenvalue weighted by atomic mass is 79.9. The Bertz CT molecular complexity index is 540. The monoisotopic (exact) mass is 324 g/mol. The fraction of sp³-hybridized carbons (Fsp3) is 0.357. The minimum absolute atomic E-state index is 0.662. The van der Waals surface area contributed by atoms with E-state index in [0.717, 1.165) is 28.0 Å². The normalized spacial score (nSPS) is 10.9. The van der Waals surface area contributed by atoms with E-state index >= 15 is 0 Å². The van der Waals surface area contributed by atoms with Crippen LogP contribution < -0.4 is 5.32 Å². The highest BCUT2D eigenvalue weighted by molar-refractivity contribution is 9.10. The van der Waals surface area contributed by atoms with Gasteiger partial charge in [0.2, 0.25) is 0 Å². The van der Waals surface area contributed by atoms with Crippen molar-refractivity contribution in [2.45, 2.75) is 13.5 Å². The van der Waals surface area contributed by atoms with Gasteiger partial charge in [-0.3, -0.25) is 0 Å². The van der Waals surface area contributed by atoms with Gasteiger partial charge in [0.15, 0.2) is 12.2 Å². The van der Waals surface area contributed by atoms with Crippen molar-refractivity contribution in [1.82, 2.24) is 10.3 Å². The van der Waals surface area contributed by atoms with Gasteiger partial charge in [-0.25, -0.2) is 4.98 Å². The van der Waals surface area contributed by atoms with Gasteiger partial charge in [0.1, 0.15) is 5.69 Å². The molecule has 0 atom stereocenters. The van der Waals surface area contributed by atoms with Gasteiger partial charge in [0.05, 0.1) is 6.61 Å². The largest absolute Gasteiger partial charge is 0.443 e. The van der Waals surface area contributed by atoms with Crippen LogP contribution >= 0.6 is 15.9 Å². The van der Waals surface area contributed by atoms with Crippen LogP contribution in [-0.4, -0.2) is 25.2 Å². The van der Waals surface area contributed by atoms with E-state index in [2.05, 4.69) is 45.3 Å². The third kappa shape index (κ3) is 3.65. The van der Waals surface area contributed by atoms with Crippen molar-refractivity contribution in [2.24, 2.45) is 0 Å². The third-order valence-corrected chi connectivity index (χ3v) is 3.44. The molecule has 1 N–H and O–H groups in total. The Morgan fingerprint density at radius 3 is 3.00 bits per heavy atom. The van der Waals surface area contributed by atoms with E-state index in [1.165, 1.54) is 12.0 Å². The average molecular weight is 325 g/mol. The molecule has 1 heterocycles. The van der Waals surface area contributed by atoms with Crippen LogP contribution in [0.3, 0.4) is 0 Å². The maximum absolute atomic E-state index is 5.52. The van der Waals surface area contributed by atoms with Crippen molar-refractivity contribution in [3.05, 3.63) is 40.3 Å². The first-order chi connectivity index (χ1) is 9.22. The van der Waals surface area contributed by atoms with E-state index in [1.807, 2.05) is 6.07 Å². The molecule has 1 aromatic heterocycles. The number of benzene rings is 1. The molecule has 0 radical (unpaired) electrons. The number of nitrogens with zero attached hydrogens (tertiary/aromatic N) is 1. The average Bonchev–Trinajstić information content (AvgIpc) is 2.83. The zero-order valence-electron chi connectivity index (χ0n) is 11.1. The lowest BCUT2D eigenvalue weighted by molar-refractivity contribution is 0.199. The van der Waals surface area contributed by atoms with Gasteiger partial charge >= 0.3 is 0 Å². The number of hydrogen-bond acceptors (Lipinski definition) is 4. The number of aryl methyl sites for hydroxylation is 1. The Morgan fingerprint density at radius 2 is 2.26 bits per heavy atom. The van der Waals surface area contributed by atoms with Crippen LogP contribution in [0.4, 0.5) is 0 Å². The smallest absolute Gasteiger partial charge is 0.181 e. The standard InChI is InChI=1S/C14H17BrN2O2/c1-10-3-4-11(12(15)7-10)14-13(17-9-19-14)8-16-5-6-18-2/h3-4,7,9,16H,5-6,8H2,1-2H3. The second-order valence-electron chi connectivity index (χ2n) is 4.28. The summed E-state index contributed by atoms with van der Waals surface area (Å²) in [6, 6.07) is 6.17. The second kappa shape index (κ2) is 6.84. The molecule has 0 saturated carbocycles. The predicted octanol–water partition coefficient (Wildman–Crippen LogP) is 3.15. The Kier molecular flexibility index (Phi) is 5.13. The van der Waals surface area contributed by atoms with Gasteiger partial charge in [0, 0.05) is 30.2 Å². The fourth-order valence-electron chi connectivity index (χ4n) is 1.80. The third-order valence-electron chi connectivity index (χ3n) is 2.79. The fourth-order valence-corrected chi connectivity index (χ4v) is 2.47. The molecule has 4 nitrogen and oxygen atoms in total. The van der Waals surface area contributed by atoms with E-state index in [-0.39, 0.29) is 0 Å². The first-order valence-electron chi connectivity index (χ1n) is 6.11. The van der Waals surface area contributed by atoms with Gasteiger partial charge in [-0.1, -0.05) is 22.0 Å². The Morgan fingerprint density at radius 1 is 1.42 bits per heavy atom. The van der Waals surface area contributed by atoms with Crippen LogP contribution in [0.15, 0.2) is 33.5 Å². The number of oxazole rings is 1. The zero-order valence-corrected chi connectivity index (χ0v) is 12.7. The predicted molar refractivity (Wildman–Crippen MR) is 78.0 cm³/mol. The van der Waals surface area contributed by atoms with E-state index in [0.29, 0.717) is 13.2 Å². The summed E-state index contributed by atoms with van der Waals surface area (Å²) >= 11 is 3.57. The van der Waals surface area contributed by atoms with Crippen LogP contribution in [0.25, 0.3) is 11.3 Å². The van der Waals surface area contributed by atoms with Crippen molar-refractivity contribution in [3.8, 4) is 11.3 Å². The van der Waals surface area contributed by atoms with Gasteiger partial charge in [0.25, 0.3) is 0 Å². The summed E-state index contributed by atoms with van der Waals surface area (Å²) in [5.41, 5.74) is 3.13. The summed E-state index contributed by atoms with van der Waals surface area (Å²) in [6.07, 6.45) is 1.48. The summed E-state index contributed by atoms with van der Waals surface area (Å²) in [5, 5.41) is 3.27. The second-order valence-corrected chi connectivity index (χ2v) is 5.14. The molecular weight excluding hydrogens is 308 g/mol. The molecular formula is C14H17BrN2O2. The Labute approximate surface area is 121 Å². The molecule has 2 aromatic rings. The van der Waals surface area contributed by atoms with Crippen LogP contribution in [0, 0.1) is 6.92 Å². The SMILES string of the molecule is COCCNCc1ncoc1-c1ccc(C)cc1Br. The Balaban J connectivity index is 2.14. The van der Waals surface area contributed by atoms with Crippen molar-refractivity contribution >= 4 is 15.9 Å². The van der Waals surface area contributed by atoms with E-state index in [4.69, 9.17) is 9.15 Å². The molecule has 5 heteroatoms. The quantitative estimate of drug-likeness (QED) is 0.829. The van der Waals surface area contributed by atoms with Crippen LogP contribution in [0.2, 0.25) is 0 Å². The summed E-state index contributed by atoms with van der Waals surface area (Å²) < 4.78 is 11.5. The zero-order chi connectivity index (χ0) is 13.7. The maximum Gasteiger partial charge on any atom is 0.181 e. The summed E-state index contributed by atoms with van der Waals surface area (Å²) in [7, 11) is 1.69. The van der Waals surface area contributed by atoms with Crippen molar-refractivity contribution in [3.63, 3.8) is 0 Å². The lowest BCUT2D eigenvalue weighted by atomic mass is 10.1. The molecule has 0 saturated heterocycles. The number of ether oxygens (including phenoxy) is 1. The minimum Gasteiger partial charge on any atom is -0.443 e.